The molecule has 0 spiro atoms. The molecule has 25 heavy (non-hydrogen) atoms. The molecule has 134 valence electrons. The van der Waals surface area contributed by atoms with Crippen molar-refractivity contribution < 1.29 is 4.79 Å². The minimum Gasteiger partial charge on any atom is -0.331 e. The van der Waals surface area contributed by atoms with Crippen LogP contribution in [0.1, 0.15) is 54.6 Å². The van der Waals surface area contributed by atoms with Gasteiger partial charge in [-0.1, -0.05) is 6.92 Å². The molecule has 0 saturated carbocycles. The van der Waals surface area contributed by atoms with Gasteiger partial charge in [-0.3, -0.25) is 9.69 Å². The van der Waals surface area contributed by atoms with Gasteiger partial charge in [-0.15, -0.1) is 5.10 Å². The van der Waals surface area contributed by atoms with E-state index in [1.54, 1.807) is 4.52 Å². The third-order valence-corrected chi connectivity index (χ3v) is 5.63. The second-order valence-electron chi connectivity index (χ2n) is 7.23. The monoisotopic (exact) mass is 342 g/mol. The number of nitrogens with zero attached hydrogens (tertiary/aromatic N) is 6. The molecule has 1 amide bonds. The van der Waals surface area contributed by atoms with Gasteiger partial charge in [-0.05, 0) is 58.7 Å². The van der Waals surface area contributed by atoms with Crippen molar-refractivity contribution in [3.05, 3.63) is 23.3 Å². The quantitative estimate of drug-likeness (QED) is 0.851. The summed E-state index contributed by atoms with van der Waals surface area (Å²) in [6.07, 6.45) is 4.55. The van der Waals surface area contributed by atoms with Gasteiger partial charge in [0.1, 0.15) is 0 Å². The molecule has 2 atom stereocenters. The topological polar surface area (TPSA) is 66.6 Å². The number of hydrogen-bond acceptors (Lipinski definition) is 5. The summed E-state index contributed by atoms with van der Waals surface area (Å²) in [5.41, 5.74) is 1.83. The number of aryl methyl sites for hydroxylation is 2. The van der Waals surface area contributed by atoms with Crippen molar-refractivity contribution in [3.8, 4) is 0 Å². The van der Waals surface area contributed by atoms with Crippen LogP contribution in [-0.4, -0.2) is 67.0 Å². The summed E-state index contributed by atoms with van der Waals surface area (Å²) in [5.74, 6) is 0.731. The lowest BCUT2D eigenvalue weighted by molar-refractivity contribution is 0.0638. The zero-order valence-corrected chi connectivity index (χ0v) is 15.3. The number of carbonyl (C=O) groups excluding carboxylic acids is 1. The van der Waals surface area contributed by atoms with Crippen molar-refractivity contribution in [1.29, 1.82) is 0 Å². The van der Waals surface area contributed by atoms with Gasteiger partial charge in [-0.25, -0.2) is 9.50 Å². The predicted molar refractivity (Wildman–Crippen MR) is 94.6 cm³/mol. The van der Waals surface area contributed by atoms with E-state index < -0.39 is 0 Å². The Morgan fingerprint density at radius 3 is 2.72 bits per heavy atom. The fourth-order valence-corrected chi connectivity index (χ4v) is 4.51. The molecule has 2 saturated heterocycles. The molecule has 0 aliphatic carbocycles. The smallest absolute Gasteiger partial charge is 0.293 e. The van der Waals surface area contributed by atoms with Gasteiger partial charge in [0, 0.05) is 30.0 Å². The van der Waals surface area contributed by atoms with E-state index in [9.17, 15) is 4.79 Å². The number of likely N-dealkylation sites (tertiary alicyclic amines) is 2. The first-order valence-corrected chi connectivity index (χ1v) is 9.34. The molecular formula is C18H26N6O. The average Bonchev–Trinajstić information content (AvgIpc) is 3.31. The molecule has 2 aromatic heterocycles. The van der Waals surface area contributed by atoms with Gasteiger partial charge in [0.25, 0.3) is 11.7 Å². The fourth-order valence-electron chi connectivity index (χ4n) is 4.51. The Labute approximate surface area is 148 Å². The molecule has 2 fully saturated rings. The van der Waals surface area contributed by atoms with Gasteiger partial charge in [0.05, 0.1) is 0 Å². The van der Waals surface area contributed by atoms with Crippen LogP contribution in [0.4, 0.5) is 0 Å². The summed E-state index contributed by atoms with van der Waals surface area (Å²) in [7, 11) is 0. The van der Waals surface area contributed by atoms with Crippen molar-refractivity contribution in [2.45, 2.75) is 58.5 Å². The minimum atomic E-state index is -0.0481. The molecule has 2 aliphatic heterocycles. The Morgan fingerprint density at radius 2 is 1.92 bits per heavy atom. The summed E-state index contributed by atoms with van der Waals surface area (Å²) >= 11 is 0. The molecule has 0 aromatic carbocycles. The van der Waals surface area contributed by atoms with Gasteiger partial charge >= 0.3 is 0 Å². The molecule has 4 heterocycles. The zero-order chi connectivity index (χ0) is 17.6. The molecule has 0 N–H and O–H groups in total. The number of rotatable bonds is 3. The maximum Gasteiger partial charge on any atom is 0.293 e. The summed E-state index contributed by atoms with van der Waals surface area (Å²) in [6.45, 7) is 9.10. The Bertz CT molecular complexity index is 800. The first-order valence-electron chi connectivity index (χ1n) is 9.34. The predicted octanol–water partition coefficient (Wildman–Crippen LogP) is 1.83. The Morgan fingerprint density at radius 1 is 1.16 bits per heavy atom. The second kappa shape index (κ2) is 6.37. The molecule has 7 heteroatoms. The van der Waals surface area contributed by atoms with Crippen molar-refractivity contribution in [1.82, 2.24) is 29.4 Å². The third-order valence-electron chi connectivity index (χ3n) is 5.63. The first kappa shape index (κ1) is 16.4. The highest BCUT2D eigenvalue weighted by atomic mass is 16.2. The van der Waals surface area contributed by atoms with E-state index in [1.807, 2.05) is 24.8 Å². The van der Waals surface area contributed by atoms with Crippen LogP contribution >= 0.6 is 0 Å². The van der Waals surface area contributed by atoms with Crippen LogP contribution in [0.25, 0.3) is 5.78 Å². The molecule has 2 aromatic rings. The van der Waals surface area contributed by atoms with E-state index in [0.717, 1.165) is 43.9 Å². The van der Waals surface area contributed by atoms with Gasteiger partial charge < -0.3 is 4.90 Å². The molecule has 4 rings (SSSR count). The molecular weight excluding hydrogens is 316 g/mol. The van der Waals surface area contributed by atoms with E-state index >= 15 is 0 Å². The molecule has 0 bridgehead atoms. The zero-order valence-electron chi connectivity index (χ0n) is 15.3. The summed E-state index contributed by atoms with van der Waals surface area (Å²) < 4.78 is 1.67. The van der Waals surface area contributed by atoms with E-state index in [2.05, 4.69) is 26.9 Å². The van der Waals surface area contributed by atoms with Crippen LogP contribution in [0.15, 0.2) is 6.07 Å². The van der Waals surface area contributed by atoms with Crippen molar-refractivity contribution in [3.63, 3.8) is 0 Å². The Kier molecular flexibility index (Phi) is 4.19. The van der Waals surface area contributed by atoms with Crippen LogP contribution in [0.5, 0.6) is 0 Å². The largest absolute Gasteiger partial charge is 0.331 e. The standard InChI is InChI=1S/C18H26N6O/c1-4-22-9-5-7-14(22)15-8-6-10-23(15)17(25)16-20-18-19-12(2)11-13(3)24(18)21-16/h11,14-15H,4-10H2,1-3H3/t14-,15-/m0/s1. The van der Waals surface area contributed by atoms with Crippen molar-refractivity contribution >= 4 is 11.7 Å². The maximum atomic E-state index is 13.1. The van der Waals surface area contributed by atoms with Crippen LogP contribution < -0.4 is 0 Å². The average molecular weight is 342 g/mol. The van der Waals surface area contributed by atoms with Gasteiger partial charge in [0.15, 0.2) is 0 Å². The third kappa shape index (κ3) is 2.80. The van der Waals surface area contributed by atoms with Crippen LogP contribution in [0.2, 0.25) is 0 Å². The molecule has 0 unspecified atom stereocenters. The fraction of sp³-hybridized carbons (Fsp3) is 0.667. The highest BCUT2D eigenvalue weighted by Crippen LogP contribution is 2.30. The van der Waals surface area contributed by atoms with Gasteiger partial charge in [-0.2, -0.15) is 4.98 Å². The van der Waals surface area contributed by atoms with Crippen LogP contribution in [0, 0.1) is 13.8 Å². The lowest BCUT2D eigenvalue weighted by Crippen LogP contribution is -2.48. The molecule has 2 aliphatic rings. The Hall–Kier alpha value is -2.02. The van der Waals surface area contributed by atoms with Gasteiger partial charge in [0.2, 0.25) is 5.82 Å². The normalized spacial score (nSPS) is 24.5. The number of aromatic nitrogens is 4. The lowest BCUT2D eigenvalue weighted by atomic mass is 10.0. The minimum absolute atomic E-state index is 0.0481. The Balaban J connectivity index is 1.62. The summed E-state index contributed by atoms with van der Waals surface area (Å²) in [6, 6.07) is 2.72. The van der Waals surface area contributed by atoms with Crippen LogP contribution in [0.3, 0.4) is 0 Å². The van der Waals surface area contributed by atoms with E-state index in [4.69, 9.17) is 0 Å². The van der Waals surface area contributed by atoms with E-state index in [-0.39, 0.29) is 17.8 Å². The van der Waals surface area contributed by atoms with E-state index in [1.165, 1.54) is 12.8 Å². The number of carbonyl (C=O) groups is 1. The van der Waals surface area contributed by atoms with Crippen molar-refractivity contribution in [2.24, 2.45) is 0 Å². The first-order chi connectivity index (χ1) is 12.1. The lowest BCUT2D eigenvalue weighted by Gasteiger charge is -2.34. The van der Waals surface area contributed by atoms with Crippen molar-refractivity contribution in [2.75, 3.05) is 19.6 Å². The number of amides is 1. The maximum absolute atomic E-state index is 13.1. The number of fused-ring (bicyclic) bond motifs is 1. The van der Waals surface area contributed by atoms with E-state index in [0.29, 0.717) is 11.8 Å². The summed E-state index contributed by atoms with van der Waals surface area (Å²) in [4.78, 5) is 26.5. The van der Waals surface area contributed by atoms with Crippen LogP contribution in [-0.2, 0) is 0 Å². The molecule has 7 nitrogen and oxygen atoms in total. The molecule has 0 radical (unpaired) electrons. The highest BCUT2D eigenvalue weighted by molar-refractivity contribution is 5.91. The SMILES string of the molecule is CCN1CCC[C@H]1[C@@H]1CCCN1C(=O)c1nc2nc(C)cc(C)n2n1. The number of likely N-dealkylation sites (N-methyl/N-ethyl adjacent to an activating group) is 1. The second-order valence-corrected chi connectivity index (χ2v) is 7.23. The highest BCUT2D eigenvalue weighted by Gasteiger charge is 2.40. The number of hydrogen-bond donors (Lipinski definition) is 0. The summed E-state index contributed by atoms with van der Waals surface area (Å²) in [5, 5.41) is 4.44.